The number of methoxy groups -OCH3 is 1. The Morgan fingerprint density at radius 2 is 1.94 bits per heavy atom. The number of rotatable bonds is 9. The van der Waals surface area contributed by atoms with Crippen LogP contribution in [-0.2, 0) is 4.74 Å². The summed E-state index contributed by atoms with van der Waals surface area (Å²) in [6, 6.07) is 0. The molecule has 0 amide bonds. The first-order valence-electron chi connectivity index (χ1n) is 7.85. The highest BCUT2D eigenvalue weighted by atomic mass is 16.5. The van der Waals surface area contributed by atoms with Crippen LogP contribution in [0.3, 0.4) is 0 Å². The summed E-state index contributed by atoms with van der Waals surface area (Å²) in [6.07, 6.45) is 9.52. The quantitative estimate of drug-likeness (QED) is 0.629. The summed E-state index contributed by atoms with van der Waals surface area (Å²) in [6.45, 7) is 9.02. The van der Waals surface area contributed by atoms with Crippen LogP contribution in [0.15, 0.2) is 0 Å². The third kappa shape index (κ3) is 5.71. The smallest absolute Gasteiger partial charge is 0.0622 e. The van der Waals surface area contributed by atoms with E-state index in [1.54, 1.807) is 0 Å². The zero-order chi connectivity index (χ0) is 13.4. The molecule has 2 nitrogen and oxygen atoms in total. The molecule has 108 valence electrons. The molecule has 1 aliphatic carbocycles. The van der Waals surface area contributed by atoms with Gasteiger partial charge in [0.1, 0.15) is 0 Å². The van der Waals surface area contributed by atoms with Crippen LogP contribution >= 0.6 is 0 Å². The Morgan fingerprint density at radius 1 is 1.28 bits per heavy atom. The van der Waals surface area contributed by atoms with E-state index in [0.717, 1.165) is 18.4 Å². The maximum Gasteiger partial charge on any atom is 0.0622 e. The van der Waals surface area contributed by atoms with Crippen molar-refractivity contribution < 1.29 is 4.74 Å². The van der Waals surface area contributed by atoms with Gasteiger partial charge in [0.15, 0.2) is 0 Å². The SMILES string of the molecule is CCCNCC(CCC(C)(C)OC)C1CCCC1. The molecule has 1 atom stereocenters. The Morgan fingerprint density at radius 3 is 2.50 bits per heavy atom. The second kappa shape index (κ2) is 8.16. The van der Waals surface area contributed by atoms with Crippen molar-refractivity contribution in [3.8, 4) is 0 Å². The fourth-order valence-corrected chi connectivity index (χ4v) is 3.03. The van der Waals surface area contributed by atoms with E-state index in [-0.39, 0.29) is 5.60 Å². The van der Waals surface area contributed by atoms with Gasteiger partial charge in [0, 0.05) is 7.11 Å². The second-order valence-corrected chi connectivity index (χ2v) is 6.51. The van der Waals surface area contributed by atoms with Gasteiger partial charge in [-0.25, -0.2) is 0 Å². The second-order valence-electron chi connectivity index (χ2n) is 6.51. The van der Waals surface area contributed by atoms with E-state index in [2.05, 4.69) is 26.1 Å². The summed E-state index contributed by atoms with van der Waals surface area (Å²) < 4.78 is 5.56. The Kier molecular flexibility index (Phi) is 7.25. The predicted molar refractivity (Wildman–Crippen MR) is 78.9 cm³/mol. The topological polar surface area (TPSA) is 21.3 Å². The fourth-order valence-electron chi connectivity index (χ4n) is 3.03. The zero-order valence-electron chi connectivity index (χ0n) is 12.9. The third-order valence-corrected chi connectivity index (χ3v) is 4.57. The van der Waals surface area contributed by atoms with Crippen LogP contribution in [0.4, 0.5) is 0 Å². The van der Waals surface area contributed by atoms with Crippen LogP contribution in [0, 0.1) is 11.8 Å². The number of hydrogen-bond acceptors (Lipinski definition) is 2. The predicted octanol–water partition coefficient (Wildman–Crippen LogP) is 4.00. The van der Waals surface area contributed by atoms with Crippen molar-refractivity contribution in [1.82, 2.24) is 5.32 Å². The molecule has 0 saturated heterocycles. The van der Waals surface area contributed by atoms with E-state index < -0.39 is 0 Å². The molecule has 0 spiro atoms. The minimum Gasteiger partial charge on any atom is -0.379 e. The molecule has 1 N–H and O–H groups in total. The average molecular weight is 255 g/mol. The molecule has 0 aliphatic heterocycles. The molecule has 2 heteroatoms. The molecule has 1 saturated carbocycles. The molecule has 0 aromatic carbocycles. The van der Waals surface area contributed by atoms with Gasteiger partial charge >= 0.3 is 0 Å². The van der Waals surface area contributed by atoms with Crippen LogP contribution in [-0.4, -0.2) is 25.8 Å². The van der Waals surface area contributed by atoms with Gasteiger partial charge in [-0.15, -0.1) is 0 Å². The van der Waals surface area contributed by atoms with Gasteiger partial charge in [-0.3, -0.25) is 0 Å². The summed E-state index contributed by atoms with van der Waals surface area (Å²) in [5.41, 5.74) is 0.0433. The molecule has 0 bridgehead atoms. The zero-order valence-corrected chi connectivity index (χ0v) is 12.9. The lowest BCUT2D eigenvalue weighted by atomic mass is 9.84. The average Bonchev–Trinajstić information content (AvgIpc) is 2.87. The monoisotopic (exact) mass is 255 g/mol. The molecule has 1 fully saturated rings. The molecule has 0 aromatic heterocycles. The van der Waals surface area contributed by atoms with Crippen LogP contribution in [0.5, 0.6) is 0 Å². The van der Waals surface area contributed by atoms with Crippen molar-refractivity contribution >= 4 is 0 Å². The molecular weight excluding hydrogens is 222 g/mol. The summed E-state index contributed by atoms with van der Waals surface area (Å²) in [7, 11) is 1.83. The third-order valence-electron chi connectivity index (χ3n) is 4.57. The normalized spacial score (nSPS) is 19.3. The van der Waals surface area contributed by atoms with Gasteiger partial charge in [0.2, 0.25) is 0 Å². The molecule has 0 heterocycles. The molecule has 0 radical (unpaired) electrons. The number of nitrogens with one attached hydrogen (secondary N) is 1. The van der Waals surface area contributed by atoms with E-state index in [4.69, 9.17) is 4.74 Å². The van der Waals surface area contributed by atoms with Crippen molar-refractivity contribution in [1.29, 1.82) is 0 Å². The summed E-state index contributed by atoms with van der Waals surface area (Å²) in [5, 5.41) is 3.63. The largest absolute Gasteiger partial charge is 0.379 e. The fraction of sp³-hybridized carbons (Fsp3) is 1.00. The molecule has 1 unspecified atom stereocenters. The Bertz CT molecular complexity index is 209. The minimum atomic E-state index is 0.0433. The Hall–Kier alpha value is -0.0800. The lowest BCUT2D eigenvalue weighted by molar-refractivity contribution is 0.00827. The maximum absolute atomic E-state index is 5.56. The van der Waals surface area contributed by atoms with E-state index in [1.807, 2.05) is 7.11 Å². The Balaban J connectivity index is 2.38. The number of ether oxygens (including phenoxy) is 1. The first-order valence-corrected chi connectivity index (χ1v) is 7.85. The van der Waals surface area contributed by atoms with Crippen molar-refractivity contribution in [2.45, 2.75) is 71.3 Å². The molecule has 18 heavy (non-hydrogen) atoms. The highest BCUT2D eigenvalue weighted by molar-refractivity contribution is 4.80. The lowest BCUT2D eigenvalue weighted by Gasteiger charge is -2.29. The standard InChI is InChI=1S/C16H33NO/c1-5-12-17-13-15(14-8-6-7-9-14)10-11-16(2,3)18-4/h14-15,17H,5-13H2,1-4H3. The molecule has 1 rings (SSSR count). The summed E-state index contributed by atoms with van der Waals surface area (Å²) >= 11 is 0. The van der Waals surface area contributed by atoms with E-state index in [1.165, 1.54) is 51.5 Å². The lowest BCUT2D eigenvalue weighted by Crippen LogP contribution is -2.31. The van der Waals surface area contributed by atoms with Gasteiger partial charge in [0.05, 0.1) is 5.60 Å². The van der Waals surface area contributed by atoms with Crippen molar-refractivity contribution in [3.63, 3.8) is 0 Å². The van der Waals surface area contributed by atoms with Crippen LogP contribution in [0.2, 0.25) is 0 Å². The highest BCUT2D eigenvalue weighted by Gasteiger charge is 2.27. The molecule has 1 aliphatic rings. The van der Waals surface area contributed by atoms with E-state index in [9.17, 15) is 0 Å². The van der Waals surface area contributed by atoms with Crippen LogP contribution in [0.25, 0.3) is 0 Å². The maximum atomic E-state index is 5.56. The summed E-state index contributed by atoms with van der Waals surface area (Å²) in [5.74, 6) is 1.82. The van der Waals surface area contributed by atoms with Crippen molar-refractivity contribution in [2.75, 3.05) is 20.2 Å². The minimum absolute atomic E-state index is 0.0433. The van der Waals surface area contributed by atoms with Gasteiger partial charge in [0.25, 0.3) is 0 Å². The van der Waals surface area contributed by atoms with Crippen molar-refractivity contribution in [3.05, 3.63) is 0 Å². The van der Waals surface area contributed by atoms with Crippen LogP contribution < -0.4 is 5.32 Å². The van der Waals surface area contributed by atoms with Crippen molar-refractivity contribution in [2.24, 2.45) is 11.8 Å². The van der Waals surface area contributed by atoms with Gasteiger partial charge in [-0.05, 0) is 58.0 Å². The highest BCUT2D eigenvalue weighted by Crippen LogP contribution is 2.34. The molecule has 0 aromatic rings. The Labute approximate surface area is 114 Å². The van der Waals surface area contributed by atoms with Gasteiger partial charge < -0.3 is 10.1 Å². The number of hydrogen-bond donors (Lipinski definition) is 1. The van der Waals surface area contributed by atoms with Gasteiger partial charge in [-0.1, -0.05) is 32.6 Å². The van der Waals surface area contributed by atoms with E-state index >= 15 is 0 Å². The first-order chi connectivity index (χ1) is 8.59. The van der Waals surface area contributed by atoms with Crippen LogP contribution in [0.1, 0.15) is 65.7 Å². The molecular formula is C16H33NO. The first kappa shape index (κ1) is 16.0. The van der Waals surface area contributed by atoms with Gasteiger partial charge in [-0.2, -0.15) is 0 Å². The van der Waals surface area contributed by atoms with E-state index in [0.29, 0.717) is 0 Å². The summed E-state index contributed by atoms with van der Waals surface area (Å²) in [4.78, 5) is 0.